The van der Waals surface area contributed by atoms with Crippen molar-refractivity contribution in [2.45, 2.75) is 18.4 Å². The van der Waals surface area contributed by atoms with Crippen molar-refractivity contribution < 1.29 is 14.6 Å². The van der Waals surface area contributed by atoms with E-state index < -0.39 is 0 Å². The summed E-state index contributed by atoms with van der Waals surface area (Å²) in [5, 5.41) is 9.14. The van der Waals surface area contributed by atoms with Crippen molar-refractivity contribution in [3.8, 4) is 11.5 Å². The van der Waals surface area contributed by atoms with Gasteiger partial charge in [0, 0.05) is 17.5 Å². The molecule has 0 spiro atoms. The molecule has 1 aliphatic heterocycles. The Balaban J connectivity index is 2.35. The van der Waals surface area contributed by atoms with Crippen LogP contribution in [0.4, 0.5) is 0 Å². The molecule has 4 nitrogen and oxygen atoms in total. The monoisotopic (exact) mass is 223 g/mol. The zero-order valence-electron chi connectivity index (χ0n) is 9.35. The van der Waals surface area contributed by atoms with Crippen LogP contribution >= 0.6 is 0 Å². The molecule has 1 aromatic carbocycles. The molecule has 1 aromatic rings. The largest absolute Gasteiger partial charge is 0.497 e. The third kappa shape index (κ3) is 1.99. The summed E-state index contributed by atoms with van der Waals surface area (Å²) in [6, 6.07) is 5.46. The molecule has 0 radical (unpaired) electrons. The van der Waals surface area contributed by atoms with Crippen molar-refractivity contribution in [3.63, 3.8) is 0 Å². The molecule has 0 saturated carbocycles. The molecule has 88 valence electrons. The third-order valence-corrected chi connectivity index (χ3v) is 3.03. The third-order valence-electron chi connectivity index (χ3n) is 3.03. The second-order valence-electron chi connectivity index (χ2n) is 3.99. The molecule has 16 heavy (non-hydrogen) atoms. The highest BCUT2D eigenvalue weighted by Crippen LogP contribution is 2.37. The summed E-state index contributed by atoms with van der Waals surface area (Å²) in [5.74, 6) is 1.78. The summed E-state index contributed by atoms with van der Waals surface area (Å²) in [4.78, 5) is 0. The van der Waals surface area contributed by atoms with E-state index in [4.69, 9.17) is 20.3 Å². The normalized spacial score (nSPS) is 20.8. The van der Waals surface area contributed by atoms with Gasteiger partial charge in [0.2, 0.25) is 0 Å². The van der Waals surface area contributed by atoms with Crippen molar-refractivity contribution in [1.82, 2.24) is 0 Å². The molecule has 0 aliphatic carbocycles. The van der Waals surface area contributed by atoms with Crippen molar-refractivity contribution in [3.05, 3.63) is 23.8 Å². The van der Waals surface area contributed by atoms with E-state index in [-0.39, 0.29) is 18.6 Å². The molecule has 0 bridgehead atoms. The smallest absolute Gasteiger partial charge is 0.123 e. The minimum absolute atomic E-state index is 0.0126. The maximum Gasteiger partial charge on any atom is 0.123 e. The van der Waals surface area contributed by atoms with E-state index in [1.165, 1.54) is 0 Å². The van der Waals surface area contributed by atoms with Crippen LogP contribution in [0.25, 0.3) is 0 Å². The minimum atomic E-state index is -0.241. The summed E-state index contributed by atoms with van der Waals surface area (Å²) in [6.45, 7) is 0.638. The van der Waals surface area contributed by atoms with Gasteiger partial charge in [0.25, 0.3) is 0 Å². The van der Waals surface area contributed by atoms with Crippen LogP contribution in [0.15, 0.2) is 18.2 Å². The van der Waals surface area contributed by atoms with Crippen molar-refractivity contribution in [2.75, 3.05) is 20.3 Å². The van der Waals surface area contributed by atoms with E-state index in [2.05, 4.69) is 0 Å². The van der Waals surface area contributed by atoms with Gasteiger partial charge in [0.05, 0.1) is 20.3 Å². The van der Waals surface area contributed by atoms with Gasteiger partial charge in [-0.1, -0.05) is 0 Å². The molecule has 3 N–H and O–H groups in total. The highest BCUT2D eigenvalue weighted by molar-refractivity contribution is 5.44. The highest BCUT2D eigenvalue weighted by atomic mass is 16.5. The van der Waals surface area contributed by atoms with Crippen LogP contribution in [0.5, 0.6) is 11.5 Å². The fourth-order valence-corrected chi connectivity index (χ4v) is 2.10. The summed E-state index contributed by atoms with van der Waals surface area (Å²) in [6.07, 6.45) is 0.835. The fraction of sp³-hybridized carbons (Fsp3) is 0.500. The van der Waals surface area contributed by atoms with Crippen LogP contribution in [0.2, 0.25) is 0 Å². The number of methoxy groups -OCH3 is 1. The Morgan fingerprint density at radius 1 is 1.62 bits per heavy atom. The van der Waals surface area contributed by atoms with Gasteiger partial charge in [-0.05, 0) is 24.6 Å². The van der Waals surface area contributed by atoms with Gasteiger partial charge in [0.1, 0.15) is 11.5 Å². The molecule has 1 heterocycles. The van der Waals surface area contributed by atoms with E-state index >= 15 is 0 Å². The minimum Gasteiger partial charge on any atom is -0.497 e. The zero-order valence-corrected chi connectivity index (χ0v) is 9.35. The Bertz CT molecular complexity index is 367. The van der Waals surface area contributed by atoms with Gasteiger partial charge < -0.3 is 20.3 Å². The first-order valence-electron chi connectivity index (χ1n) is 5.43. The van der Waals surface area contributed by atoms with Crippen molar-refractivity contribution >= 4 is 0 Å². The summed E-state index contributed by atoms with van der Waals surface area (Å²) in [5.41, 5.74) is 6.94. The van der Waals surface area contributed by atoms with E-state index in [9.17, 15) is 0 Å². The molecular formula is C12H17NO3. The van der Waals surface area contributed by atoms with Crippen LogP contribution in [-0.4, -0.2) is 31.5 Å². The van der Waals surface area contributed by atoms with Gasteiger partial charge in [-0.25, -0.2) is 0 Å². The van der Waals surface area contributed by atoms with Crippen LogP contribution in [0, 0.1) is 0 Å². The maximum atomic E-state index is 9.14. The number of fused-ring (bicyclic) bond motifs is 1. The Labute approximate surface area is 95.0 Å². The van der Waals surface area contributed by atoms with Gasteiger partial charge in [-0.15, -0.1) is 0 Å². The lowest BCUT2D eigenvalue weighted by molar-refractivity contribution is 0.208. The Morgan fingerprint density at radius 2 is 2.44 bits per heavy atom. The van der Waals surface area contributed by atoms with Gasteiger partial charge in [-0.3, -0.25) is 0 Å². The number of benzene rings is 1. The molecule has 0 saturated heterocycles. The Morgan fingerprint density at radius 3 is 3.12 bits per heavy atom. The zero-order chi connectivity index (χ0) is 11.5. The van der Waals surface area contributed by atoms with E-state index in [0.717, 1.165) is 23.5 Å². The topological polar surface area (TPSA) is 64.7 Å². The van der Waals surface area contributed by atoms with Crippen LogP contribution in [0.3, 0.4) is 0 Å². The second-order valence-corrected chi connectivity index (χ2v) is 3.99. The quantitative estimate of drug-likeness (QED) is 0.798. The van der Waals surface area contributed by atoms with Crippen LogP contribution < -0.4 is 15.2 Å². The second kappa shape index (κ2) is 4.72. The number of aliphatic hydroxyl groups excluding tert-OH is 1. The standard InChI is InChI=1S/C12H17NO3/c1-15-8-2-3-12-10(6-8)9(4-5-16-12)11(13)7-14/h2-3,6,9,11,14H,4-5,7,13H2,1H3. The van der Waals surface area contributed by atoms with Crippen LogP contribution in [0.1, 0.15) is 17.9 Å². The van der Waals surface area contributed by atoms with Gasteiger partial charge in [-0.2, -0.15) is 0 Å². The maximum absolute atomic E-state index is 9.14. The first-order chi connectivity index (χ1) is 7.76. The highest BCUT2D eigenvalue weighted by Gasteiger charge is 2.26. The Kier molecular flexibility index (Phi) is 3.31. The SMILES string of the molecule is COc1ccc2c(c1)C(C(N)CO)CCO2. The first kappa shape index (κ1) is 11.2. The molecule has 0 aromatic heterocycles. The van der Waals surface area contributed by atoms with Crippen molar-refractivity contribution in [1.29, 1.82) is 0 Å². The first-order valence-corrected chi connectivity index (χ1v) is 5.43. The van der Waals surface area contributed by atoms with Crippen LogP contribution in [-0.2, 0) is 0 Å². The van der Waals surface area contributed by atoms with Crippen molar-refractivity contribution in [2.24, 2.45) is 5.73 Å². The molecule has 2 unspecified atom stereocenters. The molecule has 2 atom stereocenters. The number of hydrogen-bond acceptors (Lipinski definition) is 4. The lowest BCUT2D eigenvalue weighted by Crippen LogP contribution is -2.35. The van der Waals surface area contributed by atoms with Gasteiger partial charge in [0.15, 0.2) is 0 Å². The summed E-state index contributed by atoms with van der Waals surface area (Å²) in [7, 11) is 1.63. The molecule has 1 aliphatic rings. The number of nitrogens with two attached hydrogens (primary N) is 1. The lowest BCUT2D eigenvalue weighted by atomic mass is 9.87. The average molecular weight is 223 g/mol. The van der Waals surface area contributed by atoms with E-state index in [0.29, 0.717) is 6.61 Å². The predicted molar refractivity (Wildman–Crippen MR) is 60.9 cm³/mol. The summed E-state index contributed by atoms with van der Waals surface area (Å²) >= 11 is 0. The fourth-order valence-electron chi connectivity index (χ4n) is 2.10. The van der Waals surface area contributed by atoms with E-state index in [1.807, 2.05) is 18.2 Å². The molecular weight excluding hydrogens is 206 g/mol. The molecule has 2 rings (SSSR count). The summed E-state index contributed by atoms with van der Waals surface area (Å²) < 4.78 is 10.7. The number of hydrogen-bond donors (Lipinski definition) is 2. The number of rotatable bonds is 3. The number of aliphatic hydroxyl groups is 1. The predicted octanol–water partition coefficient (Wildman–Crippen LogP) is 0.881. The molecule has 4 heteroatoms. The molecule has 0 fully saturated rings. The van der Waals surface area contributed by atoms with E-state index in [1.54, 1.807) is 7.11 Å². The lowest BCUT2D eigenvalue weighted by Gasteiger charge is -2.29. The Hall–Kier alpha value is -1.26. The average Bonchev–Trinajstić information content (AvgIpc) is 2.36. The number of ether oxygens (including phenoxy) is 2. The molecule has 0 amide bonds. The van der Waals surface area contributed by atoms with Gasteiger partial charge >= 0.3 is 0 Å².